The molecule has 0 fully saturated rings. The number of ether oxygens (including phenoxy) is 1. The van der Waals surface area contributed by atoms with Gasteiger partial charge in [-0.3, -0.25) is 0 Å². The van der Waals surface area contributed by atoms with Crippen LogP contribution < -0.4 is 0 Å². The van der Waals surface area contributed by atoms with E-state index in [1.165, 1.54) is 13.3 Å². The molecule has 1 rings (SSSR count). The molecule has 0 amide bonds. The minimum atomic E-state index is -0.423. The molecule has 0 aromatic carbocycles. The van der Waals surface area contributed by atoms with Crippen molar-refractivity contribution in [1.82, 2.24) is 4.98 Å². The average Bonchev–Trinajstić information content (AvgIpc) is 2.12. The van der Waals surface area contributed by atoms with Gasteiger partial charge in [0, 0.05) is 6.20 Å². The quantitative estimate of drug-likeness (QED) is 0.578. The molecule has 0 atom stereocenters. The predicted molar refractivity (Wildman–Crippen MR) is 53.0 cm³/mol. The van der Waals surface area contributed by atoms with Crippen molar-refractivity contribution in [2.45, 2.75) is 6.92 Å². The second kappa shape index (κ2) is 4.07. The lowest BCUT2D eigenvalue weighted by Gasteiger charge is -2.06. The average molecular weight is 265 g/mol. The predicted octanol–water partition coefficient (Wildman–Crippen LogP) is 2.59. The summed E-state index contributed by atoms with van der Waals surface area (Å²) in [4.78, 5) is 15.1. The molecule has 0 saturated carbocycles. The number of carbonyl (C=O) groups is 1. The molecule has 0 radical (unpaired) electrons. The third-order valence-electron chi connectivity index (χ3n) is 1.56. The number of pyridine rings is 1. The molecule has 70 valence electrons. The molecule has 0 N–H and O–H groups in total. The Bertz CT molecular complexity index is 354. The summed E-state index contributed by atoms with van der Waals surface area (Å²) in [6.45, 7) is 1.76. The Balaban J connectivity index is 3.33. The van der Waals surface area contributed by atoms with E-state index in [-0.39, 0.29) is 5.15 Å². The Morgan fingerprint density at radius 2 is 2.31 bits per heavy atom. The normalized spacial score (nSPS) is 9.85. The van der Waals surface area contributed by atoms with E-state index in [0.717, 1.165) is 5.56 Å². The van der Waals surface area contributed by atoms with Crippen molar-refractivity contribution in [2.75, 3.05) is 7.11 Å². The maximum absolute atomic E-state index is 11.3. The van der Waals surface area contributed by atoms with E-state index in [1.54, 1.807) is 6.92 Å². The van der Waals surface area contributed by atoms with Crippen molar-refractivity contribution in [2.24, 2.45) is 0 Å². The topological polar surface area (TPSA) is 39.2 Å². The zero-order valence-corrected chi connectivity index (χ0v) is 9.44. The number of nitrogens with zero attached hydrogens (tertiary/aromatic N) is 1. The summed E-state index contributed by atoms with van der Waals surface area (Å²) >= 11 is 8.90. The van der Waals surface area contributed by atoms with Gasteiger partial charge in [0.25, 0.3) is 0 Å². The van der Waals surface area contributed by atoms with Crippen LogP contribution in [0.3, 0.4) is 0 Å². The van der Waals surface area contributed by atoms with Crippen LogP contribution in [0.4, 0.5) is 0 Å². The Kier molecular flexibility index (Phi) is 3.27. The van der Waals surface area contributed by atoms with Crippen LogP contribution in [0.1, 0.15) is 15.9 Å². The highest BCUT2D eigenvalue weighted by Crippen LogP contribution is 2.26. The summed E-state index contributed by atoms with van der Waals surface area (Å²) in [7, 11) is 1.32. The zero-order valence-electron chi connectivity index (χ0n) is 7.10. The highest BCUT2D eigenvalue weighted by molar-refractivity contribution is 9.10. The summed E-state index contributed by atoms with van der Waals surface area (Å²) in [5.74, 6) is -0.423. The number of rotatable bonds is 1. The van der Waals surface area contributed by atoms with Gasteiger partial charge >= 0.3 is 5.97 Å². The highest BCUT2D eigenvalue weighted by atomic mass is 79.9. The fraction of sp³-hybridized carbons (Fsp3) is 0.250. The lowest BCUT2D eigenvalue weighted by atomic mass is 10.2. The highest BCUT2D eigenvalue weighted by Gasteiger charge is 2.16. The lowest BCUT2D eigenvalue weighted by Crippen LogP contribution is -2.05. The van der Waals surface area contributed by atoms with Gasteiger partial charge in [-0.2, -0.15) is 0 Å². The first kappa shape index (κ1) is 10.5. The SMILES string of the molecule is COC(=O)c1c(C)cnc(Cl)c1Br. The van der Waals surface area contributed by atoms with Gasteiger partial charge < -0.3 is 4.74 Å². The number of halogens is 2. The van der Waals surface area contributed by atoms with Crippen LogP contribution in [-0.4, -0.2) is 18.1 Å². The molecule has 3 nitrogen and oxygen atoms in total. The second-order valence-corrected chi connectivity index (χ2v) is 3.56. The Labute approximate surface area is 89.2 Å². The molecule has 5 heteroatoms. The van der Waals surface area contributed by atoms with E-state index in [0.29, 0.717) is 10.0 Å². The van der Waals surface area contributed by atoms with Crippen LogP contribution in [0.5, 0.6) is 0 Å². The van der Waals surface area contributed by atoms with Crippen molar-refractivity contribution in [3.8, 4) is 0 Å². The third kappa shape index (κ3) is 2.00. The molecule has 1 heterocycles. The first-order valence-corrected chi connectivity index (χ1v) is 4.64. The van der Waals surface area contributed by atoms with Crippen LogP contribution >= 0.6 is 27.5 Å². The van der Waals surface area contributed by atoms with Gasteiger partial charge in [-0.15, -0.1) is 0 Å². The standard InChI is InChI=1S/C8H7BrClNO2/c1-4-3-11-7(10)6(9)5(4)8(12)13-2/h3H,1-2H3. The minimum Gasteiger partial charge on any atom is -0.465 e. The summed E-state index contributed by atoms with van der Waals surface area (Å²) in [5.41, 5.74) is 1.14. The van der Waals surface area contributed by atoms with Crippen LogP contribution in [0.2, 0.25) is 5.15 Å². The van der Waals surface area contributed by atoms with Gasteiger partial charge in [-0.05, 0) is 28.4 Å². The smallest absolute Gasteiger partial charge is 0.339 e. The molecule has 1 aromatic heterocycles. The zero-order chi connectivity index (χ0) is 10.0. The summed E-state index contributed by atoms with van der Waals surface area (Å²) in [6.07, 6.45) is 1.53. The number of aryl methyl sites for hydroxylation is 1. The molecule has 0 aliphatic carbocycles. The van der Waals surface area contributed by atoms with Crippen molar-refractivity contribution < 1.29 is 9.53 Å². The van der Waals surface area contributed by atoms with Gasteiger partial charge in [-0.25, -0.2) is 9.78 Å². The molecule has 1 aromatic rings. The molecule has 0 bridgehead atoms. The van der Waals surface area contributed by atoms with Crippen LogP contribution in [-0.2, 0) is 4.74 Å². The maximum atomic E-state index is 11.3. The first-order chi connectivity index (χ1) is 6.07. The Morgan fingerprint density at radius 3 is 2.85 bits per heavy atom. The third-order valence-corrected chi connectivity index (χ3v) is 2.84. The van der Waals surface area contributed by atoms with Gasteiger partial charge in [0.15, 0.2) is 0 Å². The number of methoxy groups -OCH3 is 1. The summed E-state index contributed by atoms with van der Waals surface area (Å²) in [5, 5.41) is 0.256. The molecule has 13 heavy (non-hydrogen) atoms. The van der Waals surface area contributed by atoms with E-state index < -0.39 is 5.97 Å². The monoisotopic (exact) mass is 263 g/mol. The molecule has 0 aliphatic rings. The first-order valence-electron chi connectivity index (χ1n) is 3.46. The lowest BCUT2D eigenvalue weighted by molar-refractivity contribution is 0.0598. The minimum absolute atomic E-state index is 0.256. The molecule has 0 unspecified atom stereocenters. The molecule has 0 spiro atoms. The van der Waals surface area contributed by atoms with Gasteiger partial charge in [-0.1, -0.05) is 11.6 Å². The molecule has 0 aliphatic heterocycles. The van der Waals surface area contributed by atoms with Crippen molar-refractivity contribution in [3.63, 3.8) is 0 Å². The molecule has 0 saturated heterocycles. The van der Waals surface area contributed by atoms with Crippen LogP contribution in [0, 0.1) is 6.92 Å². The van der Waals surface area contributed by atoms with Gasteiger partial charge in [0.2, 0.25) is 0 Å². The van der Waals surface area contributed by atoms with Gasteiger partial charge in [0.1, 0.15) is 5.15 Å². The maximum Gasteiger partial charge on any atom is 0.339 e. The van der Waals surface area contributed by atoms with E-state index in [4.69, 9.17) is 11.6 Å². The fourth-order valence-electron chi connectivity index (χ4n) is 0.904. The number of hydrogen-bond donors (Lipinski definition) is 0. The van der Waals surface area contributed by atoms with Gasteiger partial charge in [0.05, 0.1) is 17.1 Å². The number of hydrogen-bond acceptors (Lipinski definition) is 3. The Hall–Kier alpha value is -0.610. The fourth-order valence-corrected chi connectivity index (χ4v) is 1.62. The largest absolute Gasteiger partial charge is 0.465 e. The molecular weight excluding hydrogens is 257 g/mol. The molecular formula is C8H7BrClNO2. The number of carbonyl (C=O) groups excluding carboxylic acids is 1. The number of aromatic nitrogens is 1. The van der Waals surface area contributed by atoms with Crippen LogP contribution in [0.15, 0.2) is 10.7 Å². The van der Waals surface area contributed by atoms with E-state index in [9.17, 15) is 4.79 Å². The van der Waals surface area contributed by atoms with E-state index in [1.807, 2.05) is 0 Å². The van der Waals surface area contributed by atoms with E-state index in [2.05, 4.69) is 25.7 Å². The van der Waals surface area contributed by atoms with E-state index >= 15 is 0 Å². The van der Waals surface area contributed by atoms with Crippen molar-refractivity contribution in [1.29, 1.82) is 0 Å². The Morgan fingerprint density at radius 1 is 1.69 bits per heavy atom. The summed E-state index contributed by atoms with van der Waals surface area (Å²) < 4.78 is 5.07. The van der Waals surface area contributed by atoms with Crippen molar-refractivity contribution >= 4 is 33.5 Å². The number of esters is 1. The van der Waals surface area contributed by atoms with Crippen molar-refractivity contribution in [3.05, 3.63) is 26.9 Å². The van der Waals surface area contributed by atoms with Crippen LogP contribution in [0.25, 0.3) is 0 Å². The summed E-state index contributed by atoms with van der Waals surface area (Å²) in [6, 6.07) is 0. The second-order valence-electron chi connectivity index (χ2n) is 2.41.